The Labute approximate surface area is 199 Å². The fourth-order valence-corrected chi connectivity index (χ4v) is 4.40. The molecule has 2 aromatic heterocycles. The molecule has 0 spiro atoms. The van der Waals surface area contributed by atoms with Gasteiger partial charge in [0.25, 0.3) is 5.56 Å². The fourth-order valence-electron chi connectivity index (χ4n) is 3.53. The molecule has 1 aliphatic rings. The van der Waals surface area contributed by atoms with Crippen molar-refractivity contribution in [1.29, 1.82) is 0 Å². The molecular formula is C18H19N6O11P. The first kappa shape index (κ1) is 25.2. The van der Waals surface area contributed by atoms with E-state index in [1.807, 2.05) is 5.09 Å². The van der Waals surface area contributed by atoms with E-state index in [1.165, 1.54) is 0 Å². The van der Waals surface area contributed by atoms with Crippen LogP contribution in [-0.4, -0.2) is 81.7 Å². The number of benzene rings is 1. The molecule has 5 atom stereocenters. The van der Waals surface area contributed by atoms with Crippen LogP contribution in [0.25, 0.3) is 11.2 Å². The fraction of sp³-hybridized carbons (Fsp3) is 0.278. The maximum absolute atomic E-state index is 12.5. The molecule has 1 fully saturated rings. The summed E-state index contributed by atoms with van der Waals surface area (Å²) in [6.07, 6.45) is -4.73. The highest BCUT2D eigenvalue weighted by Gasteiger charge is 2.45. The van der Waals surface area contributed by atoms with Gasteiger partial charge < -0.3 is 35.8 Å². The smallest absolute Gasteiger partial charge is 0.430 e. The molecule has 0 bridgehead atoms. The lowest BCUT2D eigenvalue weighted by atomic mass is 10.1. The zero-order valence-electron chi connectivity index (χ0n) is 17.9. The summed E-state index contributed by atoms with van der Waals surface area (Å²) in [5, 5.41) is 41.1. The number of rotatable bonds is 8. The van der Waals surface area contributed by atoms with E-state index in [-0.39, 0.29) is 22.8 Å². The highest BCUT2D eigenvalue weighted by molar-refractivity contribution is 7.54. The van der Waals surface area contributed by atoms with Gasteiger partial charge in [0.05, 0.1) is 24.1 Å². The number of aliphatic hydroxyl groups is 2. The molecule has 0 aliphatic carbocycles. The quantitative estimate of drug-likeness (QED) is 0.163. The highest BCUT2D eigenvalue weighted by Crippen LogP contribution is 2.43. The molecule has 3 aromatic rings. The van der Waals surface area contributed by atoms with E-state index in [9.17, 15) is 34.1 Å². The topological polar surface area (TPSA) is 272 Å². The summed E-state index contributed by atoms with van der Waals surface area (Å²) in [6.45, 7) is -0.733. The monoisotopic (exact) mass is 526 g/mol. The predicted octanol–water partition coefficient (Wildman–Crippen LogP) is -1.05. The number of aliphatic hydroxyl groups excluding tert-OH is 2. The van der Waals surface area contributed by atoms with Crippen molar-refractivity contribution >= 4 is 42.5 Å². The minimum absolute atomic E-state index is 0.0453. The molecule has 4 rings (SSSR count). The first-order chi connectivity index (χ1) is 16.9. The molecular weight excluding hydrogens is 507 g/mol. The van der Waals surface area contributed by atoms with Crippen LogP contribution in [0.4, 0.5) is 11.6 Å². The standard InChI is InChI=1S/C18H19N6O11P/c19-18-21-13-10(14(27)22-18)20-5-24(13)15-12(26)11(25)9(35-15)4-34-36(32,33)23-8-2-6(16(28)29)1-7(3-8)17(30)31/h1-3,5,9,11-12,15,25-26H,4H2,(H,28,29)(H,30,31)(H2,23,32,33)(H3,19,21,22,27)/t9-,11-,12-,15-/m1/s1. The summed E-state index contributed by atoms with van der Waals surface area (Å²) >= 11 is 0. The lowest BCUT2D eigenvalue weighted by molar-refractivity contribution is -0.0483. The van der Waals surface area contributed by atoms with Crippen molar-refractivity contribution in [1.82, 2.24) is 19.5 Å². The van der Waals surface area contributed by atoms with E-state index in [1.54, 1.807) is 0 Å². The van der Waals surface area contributed by atoms with Crippen molar-refractivity contribution in [3.05, 3.63) is 46.0 Å². The van der Waals surface area contributed by atoms with Crippen LogP contribution in [-0.2, 0) is 13.8 Å². The third-order valence-electron chi connectivity index (χ3n) is 5.17. The molecule has 0 saturated carbocycles. The molecule has 3 heterocycles. The maximum atomic E-state index is 12.5. The third-order valence-corrected chi connectivity index (χ3v) is 6.21. The normalized spacial score (nSPS) is 23.4. The van der Waals surface area contributed by atoms with Gasteiger partial charge in [-0.15, -0.1) is 0 Å². The van der Waals surface area contributed by atoms with E-state index >= 15 is 0 Å². The molecule has 1 aliphatic heterocycles. The van der Waals surface area contributed by atoms with Crippen LogP contribution in [0.5, 0.6) is 0 Å². The number of imidazole rings is 1. The molecule has 36 heavy (non-hydrogen) atoms. The molecule has 0 radical (unpaired) electrons. The SMILES string of the molecule is Nc1nc2c(ncn2[C@@H]2O[C@H](COP(=O)(O)Nc3cc(C(=O)O)cc(C(=O)O)c3)[C@@H](O)[C@H]2O)c(=O)[nH]1. The van der Waals surface area contributed by atoms with E-state index in [0.717, 1.165) is 29.1 Å². The van der Waals surface area contributed by atoms with E-state index in [2.05, 4.69) is 15.0 Å². The molecule has 0 amide bonds. The van der Waals surface area contributed by atoms with Gasteiger partial charge in [-0.25, -0.2) is 19.1 Å². The van der Waals surface area contributed by atoms with E-state index in [4.69, 9.17) is 25.2 Å². The lowest BCUT2D eigenvalue weighted by Crippen LogP contribution is -2.33. The molecule has 192 valence electrons. The summed E-state index contributed by atoms with van der Waals surface area (Å²) in [4.78, 5) is 54.6. The minimum atomic E-state index is -4.75. The molecule has 18 heteroatoms. The molecule has 1 aromatic carbocycles. The first-order valence-electron chi connectivity index (χ1n) is 9.97. The number of H-pyrrole nitrogens is 1. The van der Waals surface area contributed by atoms with Gasteiger partial charge in [-0.3, -0.25) is 24.0 Å². The summed E-state index contributed by atoms with van der Waals surface area (Å²) in [5.41, 5.74) is 3.49. The van der Waals surface area contributed by atoms with Crippen LogP contribution in [0.15, 0.2) is 29.3 Å². The number of nitrogens with one attached hydrogen (secondary N) is 2. The average Bonchev–Trinajstić information content (AvgIpc) is 3.33. The molecule has 9 N–H and O–H groups in total. The number of fused-ring (bicyclic) bond motifs is 1. The molecule has 1 unspecified atom stereocenters. The number of carboxylic acids is 2. The molecule has 17 nitrogen and oxygen atoms in total. The number of aromatic nitrogens is 4. The van der Waals surface area contributed by atoms with Crippen LogP contribution < -0.4 is 16.4 Å². The van der Waals surface area contributed by atoms with E-state index in [0.29, 0.717) is 0 Å². The first-order valence-corrected chi connectivity index (χ1v) is 11.6. The number of nitrogen functional groups attached to an aromatic ring is 1. The zero-order valence-corrected chi connectivity index (χ0v) is 18.8. The van der Waals surface area contributed by atoms with Crippen molar-refractivity contribution < 1.29 is 48.7 Å². The lowest BCUT2D eigenvalue weighted by Gasteiger charge is -2.19. The van der Waals surface area contributed by atoms with Crippen molar-refractivity contribution in [2.75, 3.05) is 17.4 Å². The number of ether oxygens (including phenoxy) is 1. The summed E-state index contributed by atoms with van der Waals surface area (Å²) in [7, 11) is -4.75. The van der Waals surface area contributed by atoms with Crippen LogP contribution in [0.1, 0.15) is 26.9 Å². The van der Waals surface area contributed by atoms with Crippen molar-refractivity contribution in [3.8, 4) is 0 Å². The van der Waals surface area contributed by atoms with Crippen LogP contribution in [0, 0.1) is 0 Å². The summed E-state index contributed by atoms with van der Waals surface area (Å²) < 4.78 is 24.1. The van der Waals surface area contributed by atoms with Gasteiger partial charge in [-0.2, -0.15) is 4.98 Å². The Hall–Kier alpha value is -3.86. The summed E-state index contributed by atoms with van der Waals surface area (Å²) in [5.74, 6) is -3.17. The molecule has 1 saturated heterocycles. The Morgan fingerprint density at radius 3 is 2.44 bits per heavy atom. The number of anilines is 2. The summed E-state index contributed by atoms with van der Waals surface area (Å²) in [6, 6.07) is 2.71. The Morgan fingerprint density at radius 1 is 1.19 bits per heavy atom. The second-order valence-corrected chi connectivity index (χ2v) is 9.18. The largest absolute Gasteiger partial charge is 0.478 e. The van der Waals surface area contributed by atoms with Gasteiger partial charge in [0.2, 0.25) is 5.95 Å². The predicted molar refractivity (Wildman–Crippen MR) is 118 cm³/mol. The van der Waals surface area contributed by atoms with Crippen LogP contribution >= 0.6 is 7.75 Å². The zero-order chi connectivity index (χ0) is 26.4. The van der Waals surface area contributed by atoms with Gasteiger partial charge in [0.1, 0.15) is 18.3 Å². The Balaban J connectivity index is 1.49. The number of aromatic carboxylic acids is 2. The number of hydrogen-bond donors (Lipinski definition) is 8. The van der Waals surface area contributed by atoms with E-state index < -0.39 is 67.5 Å². The highest BCUT2D eigenvalue weighted by atomic mass is 31.2. The van der Waals surface area contributed by atoms with Crippen molar-refractivity contribution in [3.63, 3.8) is 0 Å². The van der Waals surface area contributed by atoms with Gasteiger partial charge in [-0.05, 0) is 18.2 Å². The number of nitrogens with zero attached hydrogens (tertiary/aromatic N) is 3. The van der Waals surface area contributed by atoms with Crippen LogP contribution in [0.2, 0.25) is 0 Å². The van der Waals surface area contributed by atoms with Crippen LogP contribution in [0.3, 0.4) is 0 Å². The second kappa shape index (κ2) is 9.30. The number of nitrogens with two attached hydrogens (primary N) is 1. The van der Waals surface area contributed by atoms with Crippen molar-refractivity contribution in [2.24, 2.45) is 0 Å². The Morgan fingerprint density at radius 2 is 1.83 bits per heavy atom. The number of hydrogen-bond acceptors (Lipinski definition) is 11. The number of carboxylic acid groups (broad SMARTS) is 2. The van der Waals surface area contributed by atoms with Crippen molar-refractivity contribution in [2.45, 2.75) is 24.5 Å². The number of carbonyl (C=O) groups is 2. The Bertz CT molecular complexity index is 1420. The second-order valence-electron chi connectivity index (χ2n) is 7.66. The maximum Gasteiger partial charge on any atom is 0.430 e. The average molecular weight is 526 g/mol. The van der Waals surface area contributed by atoms with Gasteiger partial charge >= 0.3 is 19.7 Å². The number of aromatic amines is 1. The Kier molecular flexibility index (Phi) is 6.52. The third kappa shape index (κ3) is 4.92. The van der Waals surface area contributed by atoms with Gasteiger partial charge in [0, 0.05) is 5.69 Å². The van der Waals surface area contributed by atoms with Gasteiger partial charge in [0.15, 0.2) is 17.4 Å². The minimum Gasteiger partial charge on any atom is -0.478 e. The van der Waals surface area contributed by atoms with Gasteiger partial charge in [-0.1, -0.05) is 0 Å².